The predicted molar refractivity (Wildman–Crippen MR) is 42.7 cm³/mol. The molecule has 0 amide bonds. The van der Waals surface area contributed by atoms with Gasteiger partial charge in [0.25, 0.3) is 0 Å². The zero-order chi connectivity index (χ0) is 7.23. The van der Waals surface area contributed by atoms with E-state index in [1.54, 1.807) is 0 Å². The monoisotopic (exact) mass is 140 g/mol. The number of hydrogen-bond donors (Lipinski definition) is 0. The van der Waals surface area contributed by atoms with Crippen LogP contribution < -0.4 is 0 Å². The van der Waals surface area contributed by atoms with Crippen molar-refractivity contribution in [1.29, 1.82) is 0 Å². The van der Waals surface area contributed by atoms with Crippen molar-refractivity contribution in [3.8, 4) is 0 Å². The third-order valence-corrected chi connectivity index (χ3v) is 2.24. The molecule has 0 aliphatic heterocycles. The summed E-state index contributed by atoms with van der Waals surface area (Å²) in [5.74, 6) is 0.944. The molecule has 1 nitrogen and oxygen atoms in total. The summed E-state index contributed by atoms with van der Waals surface area (Å²) in [4.78, 5) is 0. The van der Waals surface area contributed by atoms with Crippen molar-refractivity contribution in [2.45, 2.75) is 32.1 Å². The van der Waals surface area contributed by atoms with Gasteiger partial charge in [0.1, 0.15) is 0 Å². The maximum absolute atomic E-state index is 5.06. The summed E-state index contributed by atoms with van der Waals surface area (Å²) in [5.41, 5.74) is 0. The standard InChI is InChI=1S/C9H16O/c1-2-10-8-7-9-5-3-4-6-9/h2,9H,1,3-8H2. The van der Waals surface area contributed by atoms with Gasteiger partial charge in [-0.3, -0.25) is 0 Å². The van der Waals surface area contributed by atoms with Crippen LogP contribution in [0.4, 0.5) is 0 Å². The highest BCUT2D eigenvalue weighted by Crippen LogP contribution is 2.27. The first kappa shape index (κ1) is 7.64. The summed E-state index contributed by atoms with van der Waals surface area (Å²) in [5, 5.41) is 0. The van der Waals surface area contributed by atoms with Crippen molar-refractivity contribution in [3.05, 3.63) is 12.8 Å². The molecule has 0 aromatic heterocycles. The molecule has 0 aromatic rings. The Morgan fingerprint density at radius 3 is 2.70 bits per heavy atom. The smallest absolute Gasteiger partial charge is 0.0875 e. The first-order valence-electron chi connectivity index (χ1n) is 4.16. The summed E-state index contributed by atoms with van der Waals surface area (Å²) < 4.78 is 5.06. The van der Waals surface area contributed by atoms with Gasteiger partial charge < -0.3 is 4.74 Å². The molecule has 0 unspecified atom stereocenters. The van der Waals surface area contributed by atoms with Crippen molar-refractivity contribution < 1.29 is 4.74 Å². The molecule has 0 heterocycles. The zero-order valence-corrected chi connectivity index (χ0v) is 6.51. The SMILES string of the molecule is C=COCCC1CCCC1. The van der Waals surface area contributed by atoms with Gasteiger partial charge in [0.15, 0.2) is 0 Å². The van der Waals surface area contributed by atoms with E-state index in [1.807, 2.05) is 0 Å². The minimum atomic E-state index is 0.869. The highest BCUT2D eigenvalue weighted by Gasteiger charge is 2.13. The van der Waals surface area contributed by atoms with Gasteiger partial charge in [0.2, 0.25) is 0 Å². The van der Waals surface area contributed by atoms with Gasteiger partial charge in [-0.05, 0) is 12.3 Å². The Labute approximate surface area is 63.1 Å². The quantitative estimate of drug-likeness (QED) is 0.431. The third-order valence-electron chi connectivity index (χ3n) is 2.24. The van der Waals surface area contributed by atoms with E-state index in [1.165, 1.54) is 38.4 Å². The minimum Gasteiger partial charge on any atom is -0.502 e. The average Bonchev–Trinajstić information content (AvgIpc) is 2.41. The highest BCUT2D eigenvalue weighted by molar-refractivity contribution is 4.67. The molecule has 1 aliphatic rings. The lowest BCUT2D eigenvalue weighted by atomic mass is 10.1. The average molecular weight is 140 g/mol. The van der Waals surface area contributed by atoms with Crippen LogP contribution >= 0.6 is 0 Å². The van der Waals surface area contributed by atoms with Crippen LogP contribution in [-0.4, -0.2) is 6.61 Å². The lowest BCUT2D eigenvalue weighted by Gasteiger charge is -2.06. The Bertz CT molecular complexity index is 92.9. The van der Waals surface area contributed by atoms with Crippen molar-refractivity contribution >= 4 is 0 Å². The number of rotatable bonds is 4. The van der Waals surface area contributed by atoms with Crippen LogP contribution in [0, 0.1) is 5.92 Å². The molecular formula is C9H16O. The molecule has 10 heavy (non-hydrogen) atoms. The van der Waals surface area contributed by atoms with Gasteiger partial charge in [-0.2, -0.15) is 0 Å². The fourth-order valence-electron chi connectivity index (χ4n) is 1.62. The molecule has 0 aromatic carbocycles. The minimum absolute atomic E-state index is 0.869. The second-order valence-electron chi connectivity index (χ2n) is 2.98. The maximum atomic E-state index is 5.06. The molecule has 0 radical (unpaired) electrons. The van der Waals surface area contributed by atoms with Gasteiger partial charge in [-0.25, -0.2) is 0 Å². The van der Waals surface area contributed by atoms with Crippen LogP contribution in [0.1, 0.15) is 32.1 Å². The van der Waals surface area contributed by atoms with Crippen LogP contribution in [0.5, 0.6) is 0 Å². The molecule has 0 atom stereocenters. The van der Waals surface area contributed by atoms with Gasteiger partial charge in [-0.1, -0.05) is 32.3 Å². The van der Waals surface area contributed by atoms with Crippen molar-refractivity contribution in [1.82, 2.24) is 0 Å². The Hall–Kier alpha value is -0.460. The second kappa shape index (κ2) is 4.37. The molecule has 1 heteroatoms. The van der Waals surface area contributed by atoms with Crippen LogP contribution in [-0.2, 0) is 4.74 Å². The van der Waals surface area contributed by atoms with E-state index < -0.39 is 0 Å². The van der Waals surface area contributed by atoms with Gasteiger partial charge in [0, 0.05) is 0 Å². The molecule has 1 fully saturated rings. The first-order valence-corrected chi connectivity index (χ1v) is 4.16. The number of hydrogen-bond acceptors (Lipinski definition) is 1. The van der Waals surface area contributed by atoms with E-state index in [-0.39, 0.29) is 0 Å². The van der Waals surface area contributed by atoms with E-state index in [2.05, 4.69) is 6.58 Å². The Kier molecular flexibility index (Phi) is 3.34. The van der Waals surface area contributed by atoms with Gasteiger partial charge >= 0.3 is 0 Å². The molecule has 1 aliphatic carbocycles. The summed E-state index contributed by atoms with van der Waals surface area (Å²) in [6.07, 6.45) is 8.46. The fourth-order valence-corrected chi connectivity index (χ4v) is 1.62. The van der Waals surface area contributed by atoms with Crippen LogP contribution in [0.3, 0.4) is 0 Å². The molecule has 58 valence electrons. The molecular weight excluding hydrogens is 124 g/mol. The lowest BCUT2D eigenvalue weighted by Crippen LogP contribution is -1.97. The summed E-state index contributed by atoms with van der Waals surface area (Å²) in [7, 11) is 0. The third kappa shape index (κ3) is 2.42. The Morgan fingerprint density at radius 2 is 2.10 bits per heavy atom. The highest BCUT2D eigenvalue weighted by atomic mass is 16.5. The van der Waals surface area contributed by atoms with Crippen LogP contribution in [0.2, 0.25) is 0 Å². The van der Waals surface area contributed by atoms with Crippen molar-refractivity contribution in [2.75, 3.05) is 6.61 Å². The zero-order valence-electron chi connectivity index (χ0n) is 6.51. The van der Waals surface area contributed by atoms with E-state index >= 15 is 0 Å². The summed E-state index contributed by atoms with van der Waals surface area (Å²) in [6, 6.07) is 0. The van der Waals surface area contributed by atoms with Crippen molar-refractivity contribution in [2.24, 2.45) is 5.92 Å². The molecule has 0 bridgehead atoms. The van der Waals surface area contributed by atoms with E-state index in [0.717, 1.165) is 12.5 Å². The molecule has 1 rings (SSSR count). The van der Waals surface area contributed by atoms with Crippen LogP contribution in [0.25, 0.3) is 0 Å². The van der Waals surface area contributed by atoms with Crippen LogP contribution in [0.15, 0.2) is 12.8 Å². The second-order valence-corrected chi connectivity index (χ2v) is 2.98. The van der Waals surface area contributed by atoms with E-state index in [4.69, 9.17) is 4.74 Å². The lowest BCUT2D eigenvalue weighted by molar-refractivity contribution is 0.223. The summed E-state index contributed by atoms with van der Waals surface area (Å²) >= 11 is 0. The predicted octanol–water partition coefficient (Wildman–Crippen LogP) is 2.73. The summed E-state index contributed by atoms with van der Waals surface area (Å²) in [6.45, 7) is 4.37. The number of ether oxygens (including phenoxy) is 1. The molecule has 0 spiro atoms. The van der Waals surface area contributed by atoms with E-state index in [0.29, 0.717) is 0 Å². The Balaban J connectivity index is 1.96. The molecule has 0 saturated heterocycles. The Morgan fingerprint density at radius 1 is 1.40 bits per heavy atom. The maximum Gasteiger partial charge on any atom is 0.0875 e. The molecule has 0 N–H and O–H groups in total. The normalized spacial score (nSPS) is 19.2. The first-order chi connectivity index (χ1) is 4.93. The fraction of sp³-hybridized carbons (Fsp3) is 0.778. The largest absolute Gasteiger partial charge is 0.502 e. The van der Waals surface area contributed by atoms with Crippen molar-refractivity contribution in [3.63, 3.8) is 0 Å². The van der Waals surface area contributed by atoms with E-state index in [9.17, 15) is 0 Å². The topological polar surface area (TPSA) is 9.23 Å². The van der Waals surface area contributed by atoms with Gasteiger partial charge in [-0.15, -0.1) is 0 Å². The molecule has 1 saturated carbocycles. The van der Waals surface area contributed by atoms with Gasteiger partial charge in [0.05, 0.1) is 12.9 Å².